The van der Waals surface area contributed by atoms with Crippen molar-refractivity contribution in [3.8, 4) is 0 Å². The van der Waals surface area contributed by atoms with E-state index in [1.807, 2.05) is 0 Å². The lowest BCUT2D eigenvalue weighted by molar-refractivity contribution is -0.384. The molecule has 0 saturated carbocycles. The zero-order valence-corrected chi connectivity index (χ0v) is 10.1. The van der Waals surface area contributed by atoms with Crippen LogP contribution in [0.4, 0.5) is 15.8 Å². The van der Waals surface area contributed by atoms with Gasteiger partial charge in [0.1, 0.15) is 11.5 Å². The first-order chi connectivity index (χ1) is 9.08. The van der Waals surface area contributed by atoms with Crippen molar-refractivity contribution in [3.05, 3.63) is 57.9 Å². The first-order valence-corrected chi connectivity index (χ1v) is 5.53. The number of halogens is 1. The van der Waals surface area contributed by atoms with Crippen LogP contribution in [0, 0.1) is 22.9 Å². The summed E-state index contributed by atoms with van der Waals surface area (Å²) in [4.78, 5) is 18.2. The summed E-state index contributed by atoms with van der Waals surface area (Å²) in [6.07, 6.45) is 1.58. The van der Waals surface area contributed by atoms with Gasteiger partial charge in [-0.3, -0.25) is 10.1 Å². The molecule has 0 aliphatic carbocycles. The van der Waals surface area contributed by atoms with Gasteiger partial charge in [0.15, 0.2) is 5.82 Å². The van der Waals surface area contributed by atoms with E-state index in [0.717, 1.165) is 0 Å². The van der Waals surface area contributed by atoms with E-state index < -0.39 is 10.7 Å². The van der Waals surface area contributed by atoms with Gasteiger partial charge in [-0.1, -0.05) is 6.07 Å². The number of nitrogens with one attached hydrogen (secondary N) is 1. The first kappa shape index (κ1) is 12.9. The second kappa shape index (κ2) is 5.38. The summed E-state index contributed by atoms with van der Waals surface area (Å²) < 4.78 is 13.6. The third-order valence-corrected chi connectivity index (χ3v) is 2.47. The average molecular weight is 262 g/mol. The molecule has 19 heavy (non-hydrogen) atoms. The van der Waals surface area contributed by atoms with Crippen LogP contribution < -0.4 is 5.32 Å². The summed E-state index contributed by atoms with van der Waals surface area (Å²) in [5.74, 6) is -0.0812. The lowest BCUT2D eigenvalue weighted by atomic mass is 10.2. The third kappa shape index (κ3) is 3.01. The molecule has 0 bridgehead atoms. The van der Waals surface area contributed by atoms with Crippen LogP contribution in [-0.2, 0) is 6.54 Å². The lowest BCUT2D eigenvalue weighted by Gasteiger charge is -2.07. The van der Waals surface area contributed by atoms with Gasteiger partial charge < -0.3 is 5.32 Å². The smallest absolute Gasteiger partial charge is 0.295 e. The lowest BCUT2D eigenvalue weighted by Crippen LogP contribution is -2.06. The molecule has 0 saturated heterocycles. The Labute approximate surface area is 108 Å². The Hall–Kier alpha value is -2.57. The molecule has 0 spiro atoms. The number of aromatic nitrogens is 2. The highest BCUT2D eigenvalue weighted by Crippen LogP contribution is 2.27. The number of hydrogen-bond donors (Lipinski definition) is 1. The van der Waals surface area contributed by atoms with Gasteiger partial charge in [-0.15, -0.1) is 0 Å². The Kier molecular flexibility index (Phi) is 3.65. The maximum atomic E-state index is 13.6. The van der Waals surface area contributed by atoms with E-state index in [1.165, 1.54) is 18.2 Å². The third-order valence-electron chi connectivity index (χ3n) is 2.47. The Morgan fingerprint density at radius 1 is 1.42 bits per heavy atom. The van der Waals surface area contributed by atoms with Gasteiger partial charge in [0.05, 0.1) is 17.2 Å². The highest BCUT2D eigenvalue weighted by molar-refractivity contribution is 5.62. The van der Waals surface area contributed by atoms with Crippen molar-refractivity contribution in [2.75, 3.05) is 5.32 Å². The standard InChI is InChI=1S/C12H11FN4O2/c1-8-14-6-5-9(16-8)7-15-12-10(13)3-2-4-11(12)17(18)19/h2-6,15H,7H2,1H3. The predicted octanol–water partition coefficient (Wildman–Crippen LogP) is 2.44. The number of para-hydroxylation sites is 1. The normalized spacial score (nSPS) is 10.2. The Balaban J connectivity index is 2.22. The van der Waals surface area contributed by atoms with Gasteiger partial charge >= 0.3 is 0 Å². The molecule has 1 heterocycles. The van der Waals surface area contributed by atoms with E-state index >= 15 is 0 Å². The SMILES string of the molecule is Cc1nccc(CNc2c(F)cccc2[N+](=O)[O-])n1. The number of hydrogen-bond acceptors (Lipinski definition) is 5. The Morgan fingerprint density at radius 3 is 2.89 bits per heavy atom. The van der Waals surface area contributed by atoms with Gasteiger partial charge in [-0.05, 0) is 19.1 Å². The fourth-order valence-electron chi connectivity index (χ4n) is 1.62. The molecule has 0 amide bonds. The van der Waals surface area contributed by atoms with Crippen molar-refractivity contribution in [1.82, 2.24) is 9.97 Å². The average Bonchev–Trinajstić information content (AvgIpc) is 2.37. The first-order valence-electron chi connectivity index (χ1n) is 5.53. The minimum absolute atomic E-state index is 0.135. The van der Waals surface area contributed by atoms with E-state index in [0.29, 0.717) is 11.5 Å². The van der Waals surface area contributed by atoms with Gasteiger partial charge in [-0.25, -0.2) is 14.4 Å². The summed E-state index contributed by atoms with van der Waals surface area (Å²) in [6.45, 7) is 1.92. The molecule has 6 nitrogen and oxygen atoms in total. The van der Waals surface area contributed by atoms with Crippen molar-refractivity contribution in [3.63, 3.8) is 0 Å². The number of nitro groups is 1. The van der Waals surface area contributed by atoms with Crippen LogP contribution in [-0.4, -0.2) is 14.9 Å². The second-order valence-corrected chi connectivity index (χ2v) is 3.84. The van der Waals surface area contributed by atoms with Crippen LogP contribution in [0.2, 0.25) is 0 Å². The molecule has 0 radical (unpaired) electrons. The van der Waals surface area contributed by atoms with Crippen LogP contribution >= 0.6 is 0 Å². The molecule has 2 rings (SSSR count). The van der Waals surface area contributed by atoms with Crippen molar-refractivity contribution in [1.29, 1.82) is 0 Å². The van der Waals surface area contributed by atoms with Gasteiger partial charge in [0.2, 0.25) is 0 Å². The number of anilines is 1. The molecule has 98 valence electrons. The summed E-state index contributed by atoms with van der Waals surface area (Å²) in [6, 6.07) is 5.37. The summed E-state index contributed by atoms with van der Waals surface area (Å²) >= 11 is 0. The largest absolute Gasteiger partial charge is 0.371 e. The molecule has 0 aliphatic heterocycles. The van der Waals surface area contributed by atoms with Crippen molar-refractivity contribution in [2.45, 2.75) is 13.5 Å². The van der Waals surface area contributed by atoms with Crippen molar-refractivity contribution < 1.29 is 9.31 Å². The summed E-state index contributed by atoms with van der Waals surface area (Å²) in [5.41, 5.74) is 0.194. The molecule has 1 aromatic heterocycles. The maximum absolute atomic E-state index is 13.6. The maximum Gasteiger partial charge on any atom is 0.295 e. The molecular weight excluding hydrogens is 251 g/mol. The number of benzene rings is 1. The highest BCUT2D eigenvalue weighted by Gasteiger charge is 2.17. The second-order valence-electron chi connectivity index (χ2n) is 3.84. The Morgan fingerprint density at radius 2 is 2.21 bits per heavy atom. The fourth-order valence-corrected chi connectivity index (χ4v) is 1.62. The van der Waals surface area contributed by atoms with Crippen molar-refractivity contribution >= 4 is 11.4 Å². The van der Waals surface area contributed by atoms with E-state index in [-0.39, 0.29) is 17.9 Å². The number of aryl methyl sites for hydroxylation is 1. The van der Waals surface area contributed by atoms with Gasteiger partial charge in [0.25, 0.3) is 5.69 Å². The summed E-state index contributed by atoms with van der Waals surface area (Å²) in [5, 5.41) is 13.5. The van der Waals surface area contributed by atoms with Crippen LogP contribution in [0.5, 0.6) is 0 Å². The minimum atomic E-state index is -0.667. The van der Waals surface area contributed by atoms with E-state index in [4.69, 9.17) is 0 Å². The fraction of sp³-hybridized carbons (Fsp3) is 0.167. The number of nitrogens with zero attached hydrogens (tertiary/aromatic N) is 3. The molecule has 1 N–H and O–H groups in total. The molecule has 0 fully saturated rings. The number of nitro benzene ring substituents is 1. The topological polar surface area (TPSA) is 81.0 Å². The van der Waals surface area contributed by atoms with E-state index in [1.54, 1.807) is 19.2 Å². The monoisotopic (exact) mass is 262 g/mol. The van der Waals surface area contributed by atoms with Crippen LogP contribution in [0.1, 0.15) is 11.5 Å². The van der Waals surface area contributed by atoms with Crippen LogP contribution in [0.15, 0.2) is 30.5 Å². The zero-order chi connectivity index (χ0) is 13.8. The van der Waals surface area contributed by atoms with Crippen molar-refractivity contribution in [2.24, 2.45) is 0 Å². The highest BCUT2D eigenvalue weighted by atomic mass is 19.1. The van der Waals surface area contributed by atoms with Gasteiger partial charge in [-0.2, -0.15) is 0 Å². The predicted molar refractivity (Wildman–Crippen MR) is 67.2 cm³/mol. The number of rotatable bonds is 4. The van der Waals surface area contributed by atoms with Crippen LogP contribution in [0.3, 0.4) is 0 Å². The molecular formula is C12H11FN4O2. The van der Waals surface area contributed by atoms with E-state index in [2.05, 4.69) is 15.3 Å². The quantitative estimate of drug-likeness (QED) is 0.676. The molecule has 0 atom stereocenters. The molecule has 2 aromatic rings. The molecule has 7 heteroatoms. The Bertz CT molecular complexity index is 618. The van der Waals surface area contributed by atoms with Crippen LogP contribution in [0.25, 0.3) is 0 Å². The molecule has 0 unspecified atom stereocenters. The summed E-state index contributed by atoms with van der Waals surface area (Å²) in [7, 11) is 0. The molecule has 1 aromatic carbocycles. The minimum Gasteiger partial charge on any atom is -0.371 e. The van der Waals surface area contributed by atoms with E-state index in [9.17, 15) is 14.5 Å². The molecule has 0 aliphatic rings. The van der Waals surface area contributed by atoms with Gasteiger partial charge in [0, 0.05) is 12.3 Å². The zero-order valence-electron chi connectivity index (χ0n) is 10.1.